The van der Waals surface area contributed by atoms with E-state index in [1.165, 1.54) is 0 Å². The zero-order chi connectivity index (χ0) is 25.2. The van der Waals surface area contributed by atoms with Gasteiger partial charge in [-0.3, -0.25) is 14.7 Å². The number of hydrogen-bond donors (Lipinski definition) is 2. The molecule has 1 saturated heterocycles. The number of amides is 1. The van der Waals surface area contributed by atoms with Gasteiger partial charge in [-0.1, -0.05) is 20.8 Å². The topological polar surface area (TPSA) is 110 Å². The summed E-state index contributed by atoms with van der Waals surface area (Å²) in [6, 6.07) is 5.85. The van der Waals surface area contributed by atoms with E-state index in [4.69, 9.17) is 5.73 Å². The number of hydrogen-bond acceptors (Lipinski definition) is 6. The Balaban J connectivity index is 1.42. The molecular formula is C27H36N6O2. The van der Waals surface area contributed by atoms with Crippen molar-refractivity contribution in [3.8, 4) is 0 Å². The fraction of sp³-hybridized carbons (Fsp3) is 0.556. The Morgan fingerprint density at radius 3 is 2.57 bits per heavy atom. The zero-order valence-corrected chi connectivity index (χ0v) is 21.4. The number of fused-ring (bicyclic) bond motifs is 1. The van der Waals surface area contributed by atoms with Gasteiger partial charge in [0.1, 0.15) is 5.60 Å². The minimum Gasteiger partial charge on any atom is -0.399 e. The highest BCUT2D eigenvalue weighted by molar-refractivity contribution is 5.95. The maximum absolute atomic E-state index is 13.2. The lowest BCUT2D eigenvalue weighted by Crippen LogP contribution is -2.49. The van der Waals surface area contributed by atoms with Crippen molar-refractivity contribution in [1.82, 2.24) is 19.5 Å². The first-order valence-corrected chi connectivity index (χ1v) is 12.4. The highest BCUT2D eigenvalue weighted by Crippen LogP contribution is 2.60. The van der Waals surface area contributed by atoms with E-state index in [0.717, 1.165) is 42.5 Å². The van der Waals surface area contributed by atoms with E-state index in [-0.39, 0.29) is 22.2 Å². The van der Waals surface area contributed by atoms with Crippen molar-refractivity contribution < 1.29 is 9.90 Å². The summed E-state index contributed by atoms with van der Waals surface area (Å²) in [5.41, 5.74) is 8.17. The average Bonchev–Trinajstić information content (AvgIpc) is 3.31. The molecule has 3 N–H and O–H groups in total. The molecule has 1 spiro atoms. The van der Waals surface area contributed by atoms with Crippen LogP contribution in [0, 0.1) is 16.2 Å². The van der Waals surface area contributed by atoms with Crippen LogP contribution in [0.2, 0.25) is 0 Å². The summed E-state index contributed by atoms with van der Waals surface area (Å²) in [5, 5.41) is 10.2. The van der Waals surface area contributed by atoms with E-state index >= 15 is 0 Å². The number of anilines is 2. The molecule has 35 heavy (non-hydrogen) atoms. The molecule has 2 aliphatic rings. The lowest BCUT2D eigenvalue weighted by Gasteiger charge is -2.54. The maximum Gasteiger partial charge on any atom is 0.228 e. The van der Waals surface area contributed by atoms with Crippen LogP contribution in [0.25, 0.3) is 11.0 Å². The second-order valence-corrected chi connectivity index (χ2v) is 12.2. The Morgan fingerprint density at radius 1 is 1.11 bits per heavy atom. The molecule has 8 nitrogen and oxygen atoms in total. The van der Waals surface area contributed by atoms with Gasteiger partial charge in [0, 0.05) is 25.2 Å². The Kier molecular flexibility index (Phi) is 5.25. The van der Waals surface area contributed by atoms with Gasteiger partial charge in [0.15, 0.2) is 5.82 Å². The van der Waals surface area contributed by atoms with Gasteiger partial charge in [-0.05, 0) is 67.6 Å². The second kappa shape index (κ2) is 7.75. The standard InChI is InChI=1S/C27H36N6O2/c1-24(2)8-9-27(11-23(34)33(16-27)22-13-29-21(12-30-22)25(3,4)35)14-26(24,5)15-32-17-31-19-7-6-18(28)10-20(19)32/h6-7,10,12-13,17,35H,8-9,11,14-16,28H2,1-5H3/t26-,27-/m0/s1. The van der Waals surface area contributed by atoms with Crippen molar-refractivity contribution in [3.05, 3.63) is 42.6 Å². The molecule has 3 aromatic rings. The van der Waals surface area contributed by atoms with Gasteiger partial charge in [-0.2, -0.15) is 0 Å². The van der Waals surface area contributed by atoms with Crippen LogP contribution < -0.4 is 10.6 Å². The number of rotatable bonds is 4. The van der Waals surface area contributed by atoms with Gasteiger partial charge in [0.05, 0.1) is 35.4 Å². The molecule has 1 aliphatic heterocycles. The number of nitrogens with two attached hydrogens (primary N) is 1. The van der Waals surface area contributed by atoms with Crippen LogP contribution in [0.3, 0.4) is 0 Å². The number of carbonyl (C=O) groups is 1. The van der Waals surface area contributed by atoms with E-state index in [1.807, 2.05) is 24.5 Å². The molecule has 2 aromatic heterocycles. The van der Waals surface area contributed by atoms with Gasteiger partial charge >= 0.3 is 0 Å². The summed E-state index contributed by atoms with van der Waals surface area (Å²) in [6.45, 7) is 11.9. The fourth-order valence-corrected chi connectivity index (χ4v) is 6.05. The van der Waals surface area contributed by atoms with Crippen LogP contribution in [0.5, 0.6) is 0 Å². The third kappa shape index (κ3) is 4.07. The Morgan fingerprint density at radius 2 is 1.89 bits per heavy atom. The molecule has 1 aliphatic carbocycles. The van der Waals surface area contributed by atoms with Gasteiger partial charge in [-0.25, -0.2) is 9.97 Å². The van der Waals surface area contributed by atoms with Crippen molar-refractivity contribution in [2.75, 3.05) is 17.2 Å². The second-order valence-electron chi connectivity index (χ2n) is 12.2. The quantitative estimate of drug-likeness (QED) is 0.544. The van der Waals surface area contributed by atoms with E-state index in [0.29, 0.717) is 24.5 Å². The van der Waals surface area contributed by atoms with Crippen LogP contribution in [0.15, 0.2) is 36.9 Å². The number of nitrogen functional groups attached to an aromatic ring is 1. The van der Waals surface area contributed by atoms with Gasteiger partial charge in [-0.15, -0.1) is 0 Å². The highest BCUT2D eigenvalue weighted by Gasteiger charge is 2.56. The Bertz CT molecular complexity index is 1280. The number of aliphatic hydroxyl groups is 1. The van der Waals surface area contributed by atoms with Crippen LogP contribution in [-0.4, -0.2) is 37.1 Å². The van der Waals surface area contributed by atoms with Crippen LogP contribution >= 0.6 is 0 Å². The van der Waals surface area contributed by atoms with Gasteiger partial charge < -0.3 is 15.4 Å². The molecule has 2 atom stereocenters. The largest absolute Gasteiger partial charge is 0.399 e. The third-order valence-corrected chi connectivity index (χ3v) is 8.71. The van der Waals surface area contributed by atoms with E-state index in [9.17, 15) is 9.90 Å². The lowest BCUT2D eigenvalue weighted by molar-refractivity contribution is -0.119. The van der Waals surface area contributed by atoms with Crippen molar-refractivity contribution in [3.63, 3.8) is 0 Å². The zero-order valence-electron chi connectivity index (χ0n) is 21.4. The minimum atomic E-state index is -1.07. The van der Waals surface area contributed by atoms with Crippen molar-refractivity contribution >= 4 is 28.4 Å². The molecule has 2 fully saturated rings. The lowest BCUT2D eigenvalue weighted by atomic mass is 9.51. The van der Waals surface area contributed by atoms with Gasteiger partial charge in [0.2, 0.25) is 5.91 Å². The molecule has 3 heterocycles. The molecule has 0 bridgehead atoms. The number of imidazole rings is 1. The SMILES string of the molecule is CC(C)(O)c1cnc(N2C[C@@]3(CCC(C)(C)[C@](C)(Cn4cnc5ccc(N)cc54)C3)CC2=O)cn1. The molecule has 0 radical (unpaired) electrons. The molecule has 1 amide bonds. The van der Waals surface area contributed by atoms with Crippen molar-refractivity contribution in [2.45, 2.75) is 72.4 Å². The molecule has 1 saturated carbocycles. The normalized spacial score (nSPS) is 26.7. The molecule has 8 heteroatoms. The number of aromatic nitrogens is 4. The molecular weight excluding hydrogens is 440 g/mol. The van der Waals surface area contributed by atoms with Crippen LogP contribution in [0.4, 0.5) is 11.5 Å². The van der Waals surface area contributed by atoms with Crippen LogP contribution in [-0.2, 0) is 16.9 Å². The summed E-state index contributed by atoms with van der Waals surface area (Å²) in [6.07, 6.45) is 8.60. The molecule has 5 rings (SSSR count). The van der Waals surface area contributed by atoms with E-state index < -0.39 is 5.60 Å². The number of benzene rings is 1. The van der Waals surface area contributed by atoms with Crippen LogP contribution in [0.1, 0.15) is 66.0 Å². The number of carbonyl (C=O) groups excluding carboxylic acids is 1. The van der Waals surface area contributed by atoms with E-state index in [2.05, 4.69) is 40.3 Å². The molecule has 1 aromatic carbocycles. The summed E-state index contributed by atoms with van der Waals surface area (Å²) in [7, 11) is 0. The fourth-order valence-electron chi connectivity index (χ4n) is 6.05. The van der Waals surface area contributed by atoms with Crippen molar-refractivity contribution in [2.24, 2.45) is 16.2 Å². The smallest absolute Gasteiger partial charge is 0.228 e. The summed E-state index contributed by atoms with van der Waals surface area (Å²) >= 11 is 0. The molecule has 186 valence electrons. The predicted molar refractivity (Wildman–Crippen MR) is 137 cm³/mol. The minimum absolute atomic E-state index is 0.0454. The predicted octanol–water partition coefficient (Wildman–Crippen LogP) is 4.28. The van der Waals surface area contributed by atoms with Gasteiger partial charge in [0.25, 0.3) is 0 Å². The average molecular weight is 477 g/mol. The molecule has 0 unspecified atom stereocenters. The Hall–Kier alpha value is -3.00. The van der Waals surface area contributed by atoms with Crippen molar-refractivity contribution in [1.29, 1.82) is 0 Å². The monoisotopic (exact) mass is 476 g/mol. The van der Waals surface area contributed by atoms with E-state index in [1.54, 1.807) is 31.1 Å². The first kappa shape index (κ1) is 23.7. The summed E-state index contributed by atoms with van der Waals surface area (Å²) in [5.74, 6) is 0.653. The summed E-state index contributed by atoms with van der Waals surface area (Å²) < 4.78 is 2.22. The first-order valence-electron chi connectivity index (χ1n) is 12.4. The first-order chi connectivity index (χ1) is 16.3. The number of nitrogens with zero attached hydrogens (tertiary/aromatic N) is 5. The Labute approximate surface area is 206 Å². The highest BCUT2D eigenvalue weighted by atomic mass is 16.3. The summed E-state index contributed by atoms with van der Waals surface area (Å²) in [4.78, 5) is 28.4. The maximum atomic E-state index is 13.2. The third-order valence-electron chi connectivity index (χ3n) is 8.71.